The molecular formula is C28H26FN5O2S. The van der Waals surface area contributed by atoms with E-state index >= 15 is 0 Å². The Morgan fingerprint density at radius 2 is 1.86 bits per heavy atom. The van der Waals surface area contributed by atoms with Gasteiger partial charge in [0.1, 0.15) is 11.6 Å². The molecule has 2 atom stereocenters. The van der Waals surface area contributed by atoms with Gasteiger partial charge in [0.15, 0.2) is 5.11 Å². The molecule has 37 heavy (non-hydrogen) atoms. The highest BCUT2D eigenvalue weighted by atomic mass is 32.1. The topological polar surface area (TPSA) is 71.4 Å². The van der Waals surface area contributed by atoms with Crippen molar-refractivity contribution < 1.29 is 13.9 Å². The molecule has 1 aliphatic heterocycles. The molecule has 0 unspecified atom stereocenters. The molecule has 0 spiro atoms. The monoisotopic (exact) mass is 515 g/mol. The molecule has 9 heteroatoms. The third kappa shape index (κ3) is 5.31. The van der Waals surface area contributed by atoms with Gasteiger partial charge in [0, 0.05) is 42.4 Å². The molecule has 2 aromatic heterocycles. The SMILES string of the molecule is COc1ccc(-n2cccc2[C@@H]2[C@H](c3ccccn3)NC(=S)N2CCC(=O)Nc2ccc(F)cc2)cc1. The van der Waals surface area contributed by atoms with Crippen LogP contribution in [-0.2, 0) is 4.79 Å². The molecule has 0 saturated carbocycles. The number of halogens is 1. The van der Waals surface area contributed by atoms with Crippen LogP contribution in [-0.4, -0.2) is 39.1 Å². The lowest BCUT2D eigenvalue weighted by atomic mass is 10.0. The Bertz CT molecular complexity index is 1380. The predicted octanol–water partition coefficient (Wildman–Crippen LogP) is 5.02. The van der Waals surface area contributed by atoms with Gasteiger partial charge in [-0.1, -0.05) is 6.07 Å². The van der Waals surface area contributed by atoms with Gasteiger partial charge in [-0.05, 0) is 85.0 Å². The van der Waals surface area contributed by atoms with E-state index in [0.717, 1.165) is 22.8 Å². The number of hydrogen-bond acceptors (Lipinski definition) is 4. The molecule has 4 aromatic rings. The highest BCUT2D eigenvalue weighted by molar-refractivity contribution is 7.80. The molecule has 0 bridgehead atoms. The number of carbonyl (C=O) groups is 1. The molecule has 0 aliphatic carbocycles. The molecule has 1 saturated heterocycles. The van der Waals surface area contributed by atoms with Crippen molar-refractivity contribution in [2.45, 2.75) is 18.5 Å². The highest BCUT2D eigenvalue weighted by Crippen LogP contribution is 2.39. The zero-order valence-electron chi connectivity index (χ0n) is 20.2. The van der Waals surface area contributed by atoms with E-state index in [1.54, 1.807) is 13.3 Å². The minimum absolute atomic E-state index is 0.181. The number of amides is 1. The van der Waals surface area contributed by atoms with Crippen LogP contribution >= 0.6 is 12.2 Å². The summed E-state index contributed by atoms with van der Waals surface area (Å²) in [6, 6.07) is 23.0. The molecule has 2 N–H and O–H groups in total. The van der Waals surface area contributed by atoms with Crippen LogP contribution in [0.1, 0.15) is 29.9 Å². The van der Waals surface area contributed by atoms with Gasteiger partial charge in [0.25, 0.3) is 0 Å². The second-order valence-electron chi connectivity index (χ2n) is 8.63. The molecular weight excluding hydrogens is 489 g/mol. The highest BCUT2D eigenvalue weighted by Gasteiger charge is 2.41. The van der Waals surface area contributed by atoms with Crippen molar-refractivity contribution in [3.63, 3.8) is 0 Å². The van der Waals surface area contributed by atoms with Crippen molar-refractivity contribution >= 4 is 28.9 Å². The average molecular weight is 516 g/mol. The predicted molar refractivity (Wildman–Crippen MR) is 144 cm³/mol. The molecule has 0 radical (unpaired) electrons. The Morgan fingerprint density at radius 1 is 1.08 bits per heavy atom. The number of nitrogens with zero attached hydrogens (tertiary/aromatic N) is 3. The van der Waals surface area contributed by atoms with Gasteiger partial charge in [0.05, 0.1) is 24.9 Å². The van der Waals surface area contributed by atoms with Crippen LogP contribution in [0, 0.1) is 5.82 Å². The smallest absolute Gasteiger partial charge is 0.226 e. The summed E-state index contributed by atoms with van der Waals surface area (Å²) in [6.45, 7) is 0.390. The number of hydrogen-bond donors (Lipinski definition) is 2. The van der Waals surface area contributed by atoms with Crippen molar-refractivity contribution in [3.05, 3.63) is 108 Å². The van der Waals surface area contributed by atoms with Gasteiger partial charge in [-0.15, -0.1) is 0 Å². The van der Waals surface area contributed by atoms with Gasteiger partial charge >= 0.3 is 0 Å². The first-order chi connectivity index (χ1) is 18.0. The second kappa shape index (κ2) is 10.8. The van der Waals surface area contributed by atoms with Crippen LogP contribution in [0.2, 0.25) is 0 Å². The van der Waals surface area contributed by atoms with Gasteiger partial charge in [-0.3, -0.25) is 9.78 Å². The maximum atomic E-state index is 13.2. The Hall–Kier alpha value is -4.24. The molecule has 1 amide bonds. The molecule has 3 heterocycles. The van der Waals surface area contributed by atoms with E-state index in [4.69, 9.17) is 17.0 Å². The summed E-state index contributed by atoms with van der Waals surface area (Å²) in [7, 11) is 1.64. The standard InChI is InChI=1S/C28H26FN5O2S/c1-36-22-13-11-21(12-14-22)33-17-4-6-24(33)27-26(23-5-2-3-16-30-23)32-28(37)34(27)18-15-25(35)31-20-9-7-19(29)8-10-20/h2-14,16-17,26-27H,15,18H2,1H3,(H,31,35)(H,32,37)/t26-,27+/m0/s1. The van der Waals surface area contributed by atoms with E-state index < -0.39 is 0 Å². The maximum absolute atomic E-state index is 13.2. The zero-order valence-corrected chi connectivity index (χ0v) is 21.0. The lowest BCUT2D eigenvalue weighted by Crippen LogP contribution is -2.33. The first kappa shape index (κ1) is 24.5. The van der Waals surface area contributed by atoms with Gasteiger partial charge in [-0.25, -0.2) is 4.39 Å². The minimum Gasteiger partial charge on any atom is -0.497 e. The number of aromatic nitrogens is 2. The van der Waals surface area contributed by atoms with Crippen LogP contribution in [0.4, 0.5) is 10.1 Å². The van der Waals surface area contributed by atoms with Crippen LogP contribution in [0.15, 0.2) is 91.3 Å². The summed E-state index contributed by atoms with van der Waals surface area (Å²) in [5, 5.41) is 6.80. The molecule has 5 rings (SSSR count). The Morgan fingerprint density at radius 3 is 2.57 bits per heavy atom. The lowest BCUT2D eigenvalue weighted by Gasteiger charge is -2.29. The molecule has 2 aromatic carbocycles. The third-order valence-corrected chi connectivity index (χ3v) is 6.69. The van der Waals surface area contributed by atoms with Crippen molar-refractivity contribution in [2.24, 2.45) is 0 Å². The van der Waals surface area contributed by atoms with Crippen molar-refractivity contribution in [1.29, 1.82) is 0 Å². The van der Waals surface area contributed by atoms with E-state index in [0.29, 0.717) is 17.3 Å². The van der Waals surface area contributed by atoms with Gasteiger partial charge in [-0.2, -0.15) is 0 Å². The molecule has 1 aliphatic rings. The fourth-order valence-electron chi connectivity index (χ4n) is 4.56. The number of methoxy groups -OCH3 is 1. The van der Waals surface area contributed by atoms with Crippen LogP contribution in [0.3, 0.4) is 0 Å². The normalized spacial score (nSPS) is 16.9. The largest absolute Gasteiger partial charge is 0.497 e. The van der Waals surface area contributed by atoms with E-state index in [1.165, 1.54) is 24.3 Å². The summed E-state index contributed by atoms with van der Waals surface area (Å²) < 4.78 is 20.6. The maximum Gasteiger partial charge on any atom is 0.226 e. The summed E-state index contributed by atoms with van der Waals surface area (Å²) in [5.74, 6) is 0.246. The number of pyridine rings is 1. The number of carbonyl (C=O) groups excluding carboxylic acids is 1. The quantitative estimate of drug-likeness (QED) is 0.321. The number of benzene rings is 2. The van der Waals surface area contributed by atoms with Crippen LogP contribution in [0.25, 0.3) is 5.69 Å². The van der Waals surface area contributed by atoms with Crippen molar-refractivity contribution in [2.75, 3.05) is 19.0 Å². The summed E-state index contributed by atoms with van der Waals surface area (Å²) in [4.78, 5) is 19.4. The Kier molecular flexibility index (Phi) is 7.14. The number of ether oxygens (including phenoxy) is 1. The van der Waals surface area contributed by atoms with E-state index in [-0.39, 0.29) is 30.2 Å². The van der Waals surface area contributed by atoms with Crippen molar-refractivity contribution in [1.82, 2.24) is 19.8 Å². The molecule has 1 fully saturated rings. The summed E-state index contributed by atoms with van der Waals surface area (Å²) in [5.41, 5.74) is 3.39. The van der Waals surface area contributed by atoms with Gasteiger partial charge in [0.2, 0.25) is 5.91 Å². The number of thiocarbonyl (C=S) groups is 1. The van der Waals surface area contributed by atoms with E-state index in [9.17, 15) is 9.18 Å². The first-order valence-corrected chi connectivity index (χ1v) is 12.3. The van der Waals surface area contributed by atoms with Crippen molar-refractivity contribution in [3.8, 4) is 11.4 Å². The number of nitrogens with one attached hydrogen (secondary N) is 2. The molecule has 7 nitrogen and oxygen atoms in total. The third-order valence-electron chi connectivity index (χ3n) is 6.34. The first-order valence-electron chi connectivity index (χ1n) is 11.9. The van der Waals surface area contributed by atoms with Gasteiger partial charge < -0.3 is 24.8 Å². The van der Waals surface area contributed by atoms with E-state index in [1.807, 2.05) is 59.6 Å². The number of anilines is 1. The fourth-order valence-corrected chi connectivity index (χ4v) is 4.89. The summed E-state index contributed by atoms with van der Waals surface area (Å²) in [6.07, 6.45) is 3.97. The average Bonchev–Trinajstić information content (AvgIpc) is 3.53. The second-order valence-corrected chi connectivity index (χ2v) is 9.01. The Labute approximate surface area is 219 Å². The Balaban J connectivity index is 1.43. The zero-order chi connectivity index (χ0) is 25.8. The van der Waals surface area contributed by atoms with E-state index in [2.05, 4.69) is 26.3 Å². The summed E-state index contributed by atoms with van der Waals surface area (Å²) >= 11 is 5.75. The molecule has 188 valence electrons. The minimum atomic E-state index is -0.352. The van der Waals surface area contributed by atoms with Crippen LogP contribution < -0.4 is 15.4 Å². The number of rotatable bonds is 8. The lowest BCUT2D eigenvalue weighted by molar-refractivity contribution is -0.116. The van der Waals surface area contributed by atoms with Crippen LogP contribution in [0.5, 0.6) is 5.75 Å². The fraction of sp³-hybridized carbons (Fsp3) is 0.179.